The largest absolute Gasteiger partial charge is 0.464 e. The fourth-order valence-electron chi connectivity index (χ4n) is 1.62. The molecule has 0 atom stereocenters. The van der Waals surface area contributed by atoms with Gasteiger partial charge < -0.3 is 9.73 Å². The van der Waals surface area contributed by atoms with E-state index in [0.717, 1.165) is 23.6 Å². The number of hydrogen-bond acceptors (Lipinski definition) is 3. The molecule has 0 saturated carbocycles. The molecule has 18 heavy (non-hydrogen) atoms. The zero-order chi connectivity index (χ0) is 13.0. The zero-order valence-corrected chi connectivity index (χ0v) is 10.8. The minimum absolute atomic E-state index is 0.538. The van der Waals surface area contributed by atoms with Gasteiger partial charge in [0.15, 0.2) is 0 Å². The van der Waals surface area contributed by atoms with E-state index < -0.39 is 0 Å². The van der Waals surface area contributed by atoms with Crippen molar-refractivity contribution in [1.29, 1.82) is 5.26 Å². The second-order valence-electron chi connectivity index (χ2n) is 3.88. The summed E-state index contributed by atoms with van der Waals surface area (Å²) < 4.78 is 5.58. The maximum absolute atomic E-state index is 8.75. The van der Waals surface area contributed by atoms with E-state index in [-0.39, 0.29) is 0 Å². The maximum atomic E-state index is 8.75. The molecule has 0 spiro atoms. The van der Waals surface area contributed by atoms with E-state index in [1.807, 2.05) is 25.1 Å². The van der Waals surface area contributed by atoms with Crippen LogP contribution in [0.1, 0.15) is 24.0 Å². The Bertz CT molecular complexity index is 584. The predicted molar refractivity (Wildman–Crippen MR) is 71.6 cm³/mol. The molecule has 1 aromatic carbocycles. The molecule has 0 radical (unpaired) electrons. The van der Waals surface area contributed by atoms with Crippen molar-refractivity contribution in [2.24, 2.45) is 0 Å². The molecule has 0 aliphatic carbocycles. The third-order valence-electron chi connectivity index (χ3n) is 2.62. The van der Waals surface area contributed by atoms with E-state index in [2.05, 4.69) is 5.32 Å². The third-order valence-corrected chi connectivity index (χ3v) is 2.93. The summed E-state index contributed by atoms with van der Waals surface area (Å²) in [6.07, 6.45) is 0.887. The Labute approximate surface area is 111 Å². The lowest BCUT2D eigenvalue weighted by molar-refractivity contribution is 0.476. The molecule has 92 valence electrons. The lowest BCUT2D eigenvalue weighted by atomic mass is 10.2. The average Bonchev–Trinajstić information content (AvgIpc) is 2.85. The van der Waals surface area contributed by atoms with Crippen molar-refractivity contribution >= 4 is 17.3 Å². The van der Waals surface area contributed by atoms with Crippen LogP contribution in [0.15, 0.2) is 34.7 Å². The molecule has 3 nitrogen and oxygen atoms in total. The molecule has 1 N–H and O–H groups in total. The maximum Gasteiger partial charge on any atom is 0.123 e. The van der Waals surface area contributed by atoms with Gasteiger partial charge in [-0.3, -0.25) is 0 Å². The van der Waals surface area contributed by atoms with Gasteiger partial charge in [-0.15, -0.1) is 0 Å². The van der Waals surface area contributed by atoms with E-state index in [9.17, 15) is 0 Å². The molecule has 0 fully saturated rings. The molecule has 0 saturated heterocycles. The summed E-state index contributed by atoms with van der Waals surface area (Å²) in [5, 5.41) is 12.5. The van der Waals surface area contributed by atoms with E-state index >= 15 is 0 Å². The molecule has 0 amide bonds. The van der Waals surface area contributed by atoms with Crippen molar-refractivity contribution < 1.29 is 4.42 Å². The molecule has 0 aliphatic rings. The Morgan fingerprint density at radius 2 is 2.06 bits per heavy atom. The first-order valence-corrected chi connectivity index (χ1v) is 6.12. The van der Waals surface area contributed by atoms with Crippen LogP contribution in [0.25, 0.3) is 0 Å². The SMILES string of the molecule is CCc1ccc(CNc2ccc(C#N)cc2Cl)o1. The number of nitrogens with zero attached hydrogens (tertiary/aromatic N) is 1. The molecule has 0 unspecified atom stereocenters. The van der Waals surface area contributed by atoms with Gasteiger partial charge >= 0.3 is 0 Å². The third kappa shape index (κ3) is 2.85. The Hall–Kier alpha value is -1.92. The minimum Gasteiger partial charge on any atom is -0.464 e. The number of hydrogen-bond donors (Lipinski definition) is 1. The van der Waals surface area contributed by atoms with Crippen molar-refractivity contribution in [3.8, 4) is 6.07 Å². The van der Waals surface area contributed by atoms with Gasteiger partial charge in [0.25, 0.3) is 0 Å². The van der Waals surface area contributed by atoms with Gasteiger partial charge in [-0.2, -0.15) is 5.26 Å². The van der Waals surface area contributed by atoms with E-state index in [0.29, 0.717) is 17.1 Å². The van der Waals surface area contributed by atoms with Crippen LogP contribution in [0, 0.1) is 11.3 Å². The van der Waals surface area contributed by atoms with Gasteiger partial charge in [0.1, 0.15) is 11.5 Å². The quantitative estimate of drug-likeness (QED) is 0.905. The van der Waals surface area contributed by atoms with Gasteiger partial charge in [-0.25, -0.2) is 0 Å². The molecular weight excluding hydrogens is 248 g/mol. The number of rotatable bonds is 4. The van der Waals surface area contributed by atoms with Crippen LogP contribution >= 0.6 is 11.6 Å². The Balaban J connectivity index is 2.04. The van der Waals surface area contributed by atoms with Crippen LogP contribution in [-0.2, 0) is 13.0 Å². The smallest absolute Gasteiger partial charge is 0.123 e. The molecule has 1 aromatic heterocycles. The van der Waals surface area contributed by atoms with Crippen molar-refractivity contribution in [1.82, 2.24) is 0 Å². The highest BCUT2D eigenvalue weighted by Crippen LogP contribution is 2.23. The zero-order valence-electron chi connectivity index (χ0n) is 10.0. The Kier molecular flexibility index (Phi) is 3.91. The Morgan fingerprint density at radius 1 is 1.28 bits per heavy atom. The summed E-state index contributed by atoms with van der Waals surface area (Å²) in [6.45, 7) is 2.62. The molecule has 4 heteroatoms. The highest BCUT2D eigenvalue weighted by molar-refractivity contribution is 6.33. The second-order valence-corrected chi connectivity index (χ2v) is 4.29. The monoisotopic (exact) mass is 260 g/mol. The fraction of sp³-hybridized carbons (Fsp3) is 0.214. The first-order valence-electron chi connectivity index (χ1n) is 5.74. The topological polar surface area (TPSA) is 49.0 Å². The predicted octanol–water partition coefficient (Wildman–Crippen LogP) is 3.98. The first-order chi connectivity index (χ1) is 8.72. The summed E-state index contributed by atoms with van der Waals surface area (Å²) in [7, 11) is 0. The molecule has 0 aliphatic heterocycles. The fourth-order valence-corrected chi connectivity index (χ4v) is 1.87. The van der Waals surface area contributed by atoms with Gasteiger partial charge in [0.2, 0.25) is 0 Å². The number of aryl methyl sites for hydroxylation is 1. The van der Waals surface area contributed by atoms with Crippen LogP contribution in [0.2, 0.25) is 5.02 Å². The number of benzene rings is 1. The number of halogens is 1. The van der Waals surface area contributed by atoms with Crippen LogP contribution < -0.4 is 5.32 Å². The van der Waals surface area contributed by atoms with Crippen molar-refractivity contribution in [2.45, 2.75) is 19.9 Å². The van der Waals surface area contributed by atoms with Crippen LogP contribution in [0.3, 0.4) is 0 Å². The van der Waals surface area contributed by atoms with Gasteiger partial charge in [-0.1, -0.05) is 18.5 Å². The highest BCUT2D eigenvalue weighted by atomic mass is 35.5. The van der Waals surface area contributed by atoms with Gasteiger partial charge in [-0.05, 0) is 30.3 Å². The molecule has 2 aromatic rings. The normalized spacial score (nSPS) is 10.1. The van der Waals surface area contributed by atoms with Gasteiger partial charge in [0.05, 0.1) is 28.9 Å². The number of nitriles is 1. The van der Waals surface area contributed by atoms with Crippen LogP contribution in [0.5, 0.6) is 0 Å². The first kappa shape index (κ1) is 12.5. The molecular formula is C14H13ClN2O. The summed E-state index contributed by atoms with van der Waals surface area (Å²) in [4.78, 5) is 0. The summed E-state index contributed by atoms with van der Waals surface area (Å²) in [5.74, 6) is 1.84. The van der Waals surface area contributed by atoms with Crippen molar-refractivity contribution in [2.75, 3.05) is 5.32 Å². The second kappa shape index (κ2) is 5.61. The number of furan rings is 1. The summed E-state index contributed by atoms with van der Waals surface area (Å²) in [5.41, 5.74) is 1.35. The lowest BCUT2D eigenvalue weighted by Crippen LogP contribution is -1.98. The lowest BCUT2D eigenvalue weighted by Gasteiger charge is -2.06. The van der Waals surface area contributed by atoms with E-state index in [1.54, 1.807) is 18.2 Å². The number of nitrogens with one attached hydrogen (secondary N) is 1. The summed E-state index contributed by atoms with van der Waals surface area (Å²) >= 11 is 6.06. The van der Waals surface area contributed by atoms with Crippen LogP contribution in [0.4, 0.5) is 5.69 Å². The molecule has 2 rings (SSSR count). The van der Waals surface area contributed by atoms with Crippen LogP contribution in [-0.4, -0.2) is 0 Å². The van der Waals surface area contributed by atoms with E-state index in [1.165, 1.54) is 0 Å². The standard InChI is InChI=1S/C14H13ClN2O/c1-2-11-4-5-12(18-11)9-17-14-6-3-10(8-16)7-13(14)15/h3-7,17H,2,9H2,1H3. The minimum atomic E-state index is 0.538. The van der Waals surface area contributed by atoms with Crippen molar-refractivity contribution in [3.05, 3.63) is 52.4 Å². The van der Waals surface area contributed by atoms with Gasteiger partial charge in [0, 0.05) is 6.42 Å². The molecule has 0 bridgehead atoms. The highest BCUT2D eigenvalue weighted by Gasteiger charge is 2.04. The number of anilines is 1. The Morgan fingerprint density at radius 3 is 2.67 bits per heavy atom. The van der Waals surface area contributed by atoms with Crippen molar-refractivity contribution in [3.63, 3.8) is 0 Å². The average molecular weight is 261 g/mol. The molecule has 1 heterocycles. The summed E-state index contributed by atoms with van der Waals surface area (Å²) in [6, 6.07) is 11.1. The van der Waals surface area contributed by atoms with E-state index in [4.69, 9.17) is 21.3 Å².